The van der Waals surface area contributed by atoms with Crippen molar-refractivity contribution < 1.29 is 23.9 Å². The van der Waals surface area contributed by atoms with Crippen molar-refractivity contribution in [2.45, 2.75) is 88.5 Å². The average molecular weight is 707 g/mol. The number of Topliss-reactive ketones (excluding diaryl/α,β-unsaturated/α-hetero) is 2. The molecule has 1 aliphatic heterocycles. The van der Waals surface area contributed by atoms with E-state index in [9.17, 15) is 14.4 Å². The highest BCUT2D eigenvalue weighted by atomic mass is 16.7. The third-order valence-electron chi connectivity index (χ3n) is 12.2. The summed E-state index contributed by atoms with van der Waals surface area (Å²) in [6.45, 7) is 4.98. The van der Waals surface area contributed by atoms with Crippen molar-refractivity contribution in [2.75, 3.05) is 25.9 Å². The van der Waals surface area contributed by atoms with Gasteiger partial charge in [0.05, 0.1) is 12.6 Å². The Kier molecular flexibility index (Phi) is 9.69. The minimum atomic E-state index is -2.05. The molecule has 11 heteroatoms. The van der Waals surface area contributed by atoms with Crippen LogP contribution in [0.5, 0.6) is 0 Å². The molecule has 274 valence electrons. The zero-order chi connectivity index (χ0) is 36.7. The Bertz CT molecular complexity index is 1880. The van der Waals surface area contributed by atoms with E-state index in [1.807, 2.05) is 25.1 Å². The van der Waals surface area contributed by atoms with E-state index < -0.39 is 28.4 Å². The van der Waals surface area contributed by atoms with Gasteiger partial charge in [0.25, 0.3) is 5.60 Å². The maximum absolute atomic E-state index is 14.4. The molecule has 0 bridgehead atoms. The first-order chi connectivity index (χ1) is 25.1. The number of benzene rings is 1. The number of rotatable bonds is 11. The van der Waals surface area contributed by atoms with Crippen LogP contribution in [0.15, 0.2) is 83.0 Å². The minimum absolute atomic E-state index is 0.0190. The summed E-state index contributed by atoms with van der Waals surface area (Å²) in [5, 5.41) is 6.97. The van der Waals surface area contributed by atoms with Gasteiger partial charge in [-0.1, -0.05) is 73.9 Å². The molecule has 1 saturated carbocycles. The van der Waals surface area contributed by atoms with E-state index in [0.29, 0.717) is 11.7 Å². The molecule has 11 nitrogen and oxygen atoms in total. The number of likely N-dealkylation sites (N-methyl/N-ethyl adjacent to an activating group) is 1. The fraction of sp³-hybridized carbons (Fsp3) is 0.488. The number of nitrogens with zero attached hydrogens (tertiary/aromatic N) is 2. The van der Waals surface area contributed by atoms with Gasteiger partial charge in [-0.2, -0.15) is 0 Å². The molecule has 4 aliphatic carbocycles. The van der Waals surface area contributed by atoms with Crippen LogP contribution in [0, 0.1) is 17.3 Å². The number of esters is 1. The Morgan fingerprint density at radius 1 is 1.17 bits per heavy atom. The number of guanidine groups is 1. The molecule has 52 heavy (non-hydrogen) atoms. The Morgan fingerprint density at radius 3 is 2.63 bits per heavy atom. The van der Waals surface area contributed by atoms with Crippen LogP contribution in [0.2, 0.25) is 0 Å². The van der Waals surface area contributed by atoms with Crippen LogP contribution in [0.1, 0.15) is 97.5 Å². The summed E-state index contributed by atoms with van der Waals surface area (Å²) < 4.78 is 12.3. The fourth-order valence-corrected chi connectivity index (χ4v) is 9.39. The maximum Gasteiger partial charge on any atom is 0.350 e. The number of aliphatic imine (C=N–C) groups is 1. The van der Waals surface area contributed by atoms with E-state index in [-0.39, 0.29) is 53.9 Å². The van der Waals surface area contributed by atoms with Crippen LogP contribution in [-0.4, -0.2) is 65.9 Å². The number of nitrogens with two attached hydrogens (primary N) is 2. The zero-order valence-corrected chi connectivity index (χ0v) is 30.3. The van der Waals surface area contributed by atoms with Gasteiger partial charge in [0.15, 0.2) is 17.3 Å². The first kappa shape index (κ1) is 35.8. The maximum atomic E-state index is 14.4. The lowest BCUT2D eigenvalue weighted by molar-refractivity contribution is -0.150. The number of anilines is 1. The highest BCUT2D eigenvalue weighted by Gasteiger charge is 2.85. The van der Waals surface area contributed by atoms with Crippen LogP contribution in [0.4, 0.5) is 5.82 Å². The minimum Gasteiger partial charge on any atom is -0.463 e. The molecule has 2 aromatic rings. The first-order valence-corrected chi connectivity index (χ1v) is 18.7. The molecule has 5 aliphatic rings. The summed E-state index contributed by atoms with van der Waals surface area (Å²) in [6, 6.07) is 10.1. The number of nitrogens with one attached hydrogen (secondary N) is 2. The molecule has 1 aromatic carbocycles. The van der Waals surface area contributed by atoms with Crippen molar-refractivity contribution in [3.63, 3.8) is 0 Å². The van der Waals surface area contributed by atoms with Crippen molar-refractivity contribution in [3.05, 3.63) is 94.7 Å². The van der Waals surface area contributed by atoms with E-state index >= 15 is 0 Å². The average Bonchev–Trinajstić information content (AvgIpc) is 3.63. The van der Waals surface area contributed by atoms with Gasteiger partial charge >= 0.3 is 5.97 Å². The van der Waals surface area contributed by atoms with Gasteiger partial charge in [-0.15, -0.1) is 0 Å². The Labute approximate surface area is 305 Å². The van der Waals surface area contributed by atoms with Crippen LogP contribution in [0.25, 0.3) is 0 Å². The van der Waals surface area contributed by atoms with Crippen molar-refractivity contribution in [3.8, 4) is 0 Å². The van der Waals surface area contributed by atoms with Crippen LogP contribution < -0.4 is 22.1 Å². The molecule has 1 saturated heterocycles. The van der Waals surface area contributed by atoms with Crippen LogP contribution in [-0.2, 0) is 14.3 Å². The number of carbonyl (C=O) groups excluding carboxylic acids is 3. The predicted octanol–water partition coefficient (Wildman–Crippen LogP) is 5.16. The molecule has 6 N–H and O–H groups in total. The molecule has 1 aromatic heterocycles. The number of hydrogen-bond donors (Lipinski definition) is 4. The lowest BCUT2D eigenvalue weighted by Crippen LogP contribution is -2.51. The van der Waals surface area contributed by atoms with E-state index in [2.05, 4.69) is 45.8 Å². The summed E-state index contributed by atoms with van der Waals surface area (Å²) in [7, 11) is 1.63. The highest BCUT2D eigenvalue weighted by Crippen LogP contribution is 2.60. The number of epoxide rings is 1. The quantitative estimate of drug-likeness (QED) is 0.0611. The third kappa shape index (κ3) is 5.87. The lowest BCUT2D eigenvalue weighted by Gasteiger charge is -2.40. The topological polar surface area (TPSA) is 174 Å². The fourth-order valence-electron chi connectivity index (χ4n) is 9.39. The molecular weight excluding hydrogens is 656 g/mol. The van der Waals surface area contributed by atoms with Crippen LogP contribution in [0.3, 0.4) is 0 Å². The van der Waals surface area contributed by atoms with E-state index in [4.69, 9.17) is 20.9 Å². The lowest BCUT2D eigenvalue weighted by atomic mass is 9.68. The number of aromatic nitrogens is 1. The number of ketones is 2. The van der Waals surface area contributed by atoms with E-state index in [0.717, 1.165) is 62.6 Å². The number of hydrogen-bond acceptors (Lipinski definition) is 9. The SMILES string of the molecule is CCNC1C=C2C=CCCC2CC1COC(=O)C12OC1(CC=C(C)C1(C(NC(N)=NC)c3ccnc(N)c3)CCCC1)C(=O)c1ccccc1C2=O. The van der Waals surface area contributed by atoms with Crippen molar-refractivity contribution in [1.29, 1.82) is 0 Å². The Hall–Kier alpha value is -4.61. The Balaban J connectivity index is 1.21. The van der Waals surface area contributed by atoms with Gasteiger partial charge < -0.3 is 31.6 Å². The van der Waals surface area contributed by atoms with Gasteiger partial charge in [-0.05, 0) is 74.8 Å². The summed E-state index contributed by atoms with van der Waals surface area (Å²) in [5.74, 6) is -0.607. The van der Waals surface area contributed by atoms with E-state index in [1.54, 1.807) is 37.5 Å². The number of pyridine rings is 1. The molecular formula is C41H50N6O5. The second-order valence-corrected chi connectivity index (χ2v) is 15.0. The number of fused-ring (bicyclic) bond motifs is 3. The van der Waals surface area contributed by atoms with Crippen molar-refractivity contribution in [2.24, 2.45) is 28.0 Å². The number of ether oxygens (including phenoxy) is 2. The number of carbonyl (C=O) groups is 3. The molecule has 2 heterocycles. The third-order valence-corrected chi connectivity index (χ3v) is 12.2. The summed E-state index contributed by atoms with van der Waals surface area (Å²) in [6.07, 6.45) is 16.9. The summed E-state index contributed by atoms with van der Waals surface area (Å²) in [4.78, 5) is 51.5. The zero-order valence-electron chi connectivity index (χ0n) is 30.3. The molecule has 7 rings (SSSR count). The van der Waals surface area contributed by atoms with Gasteiger partial charge in [0, 0.05) is 48.2 Å². The van der Waals surface area contributed by atoms with Crippen molar-refractivity contribution >= 4 is 29.3 Å². The second kappa shape index (κ2) is 14.1. The molecule has 6 atom stereocenters. The molecule has 0 amide bonds. The summed E-state index contributed by atoms with van der Waals surface area (Å²) in [5.41, 5.74) is 11.9. The second-order valence-electron chi connectivity index (χ2n) is 15.0. The highest BCUT2D eigenvalue weighted by molar-refractivity contribution is 6.32. The molecule has 0 radical (unpaired) electrons. The molecule has 6 unspecified atom stereocenters. The monoisotopic (exact) mass is 706 g/mol. The normalized spacial score (nSPS) is 29.8. The van der Waals surface area contributed by atoms with Crippen molar-refractivity contribution in [1.82, 2.24) is 15.6 Å². The molecule has 2 fully saturated rings. The predicted molar refractivity (Wildman–Crippen MR) is 199 cm³/mol. The largest absolute Gasteiger partial charge is 0.463 e. The van der Waals surface area contributed by atoms with Gasteiger partial charge in [0.2, 0.25) is 5.78 Å². The van der Waals surface area contributed by atoms with E-state index in [1.165, 1.54) is 5.57 Å². The van der Waals surface area contributed by atoms with Crippen LogP contribution >= 0.6 is 0 Å². The van der Waals surface area contributed by atoms with Gasteiger partial charge in [-0.3, -0.25) is 14.6 Å². The Morgan fingerprint density at radius 2 is 1.92 bits per heavy atom. The van der Waals surface area contributed by atoms with Gasteiger partial charge in [-0.25, -0.2) is 9.78 Å². The van der Waals surface area contributed by atoms with Gasteiger partial charge in [0.1, 0.15) is 5.82 Å². The molecule has 0 spiro atoms. The smallest absolute Gasteiger partial charge is 0.350 e. The number of allylic oxidation sites excluding steroid dienone is 3. The summed E-state index contributed by atoms with van der Waals surface area (Å²) >= 11 is 0. The first-order valence-electron chi connectivity index (χ1n) is 18.7. The standard InChI is InChI=1S/C41H50N6O5/c1-4-45-32-22-27-12-6-5-11-26(27)21-29(32)24-51-37(50)41-36(49)31-14-8-7-13-30(31)35(48)40(41,52-41)19-15-25(2)39(17-9-10-18-39)34(47-38(43)44-3)28-16-20-46-33(42)23-28/h6-8,12-16,20,22-23,26,29,32,34,45H,4-5,9-11,17-19,21,24H2,1-3H3,(H2,42,46)(H3,43,44,47). The number of nitrogen functional groups attached to an aromatic ring is 1.